The van der Waals surface area contributed by atoms with Crippen LogP contribution in [0.1, 0.15) is 19.3 Å². The lowest BCUT2D eigenvalue weighted by molar-refractivity contribution is -0.144. The molecule has 1 saturated carbocycles. The molecule has 2 atom stereocenters. The van der Waals surface area contributed by atoms with Crippen LogP contribution in [0.3, 0.4) is 0 Å². The number of amides is 1. The van der Waals surface area contributed by atoms with Crippen LogP contribution in [0.5, 0.6) is 0 Å². The van der Waals surface area contributed by atoms with Crippen LogP contribution >= 0.6 is 0 Å². The molecule has 0 aromatic carbocycles. The Balaban J connectivity index is 1.86. The number of aliphatic hydroxyl groups excluding tert-OH is 1. The van der Waals surface area contributed by atoms with Crippen molar-refractivity contribution < 1.29 is 9.90 Å². The van der Waals surface area contributed by atoms with E-state index in [-0.39, 0.29) is 18.4 Å². The van der Waals surface area contributed by atoms with Gasteiger partial charge < -0.3 is 15.7 Å². The van der Waals surface area contributed by atoms with Gasteiger partial charge in [0, 0.05) is 31.5 Å². The Morgan fingerprint density at radius 3 is 2.73 bits per heavy atom. The van der Waals surface area contributed by atoms with E-state index >= 15 is 0 Å². The van der Waals surface area contributed by atoms with E-state index in [9.17, 15) is 4.79 Å². The highest BCUT2D eigenvalue weighted by Crippen LogP contribution is 2.33. The van der Waals surface area contributed by atoms with Crippen molar-refractivity contribution in [3.05, 3.63) is 0 Å². The van der Waals surface area contributed by atoms with Crippen LogP contribution in [0.25, 0.3) is 0 Å². The molecule has 4 heteroatoms. The summed E-state index contributed by atoms with van der Waals surface area (Å²) < 4.78 is 0. The molecule has 1 aliphatic carbocycles. The molecule has 2 rings (SSSR count). The molecule has 15 heavy (non-hydrogen) atoms. The van der Waals surface area contributed by atoms with Gasteiger partial charge in [-0.1, -0.05) is 6.42 Å². The third-order valence-electron chi connectivity index (χ3n) is 3.81. The fourth-order valence-electron chi connectivity index (χ4n) is 2.74. The standard InChI is InChI=1S/C11H20N2O2/c12-4-9-2-1-3-10(9)11(15)13-5-8(6-13)7-14/h8-10,14H,1-7,12H2. The normalized spacial score (nSPS) is 31.7. The second kappa shape index (κ2) is 4.49. The zero-order valence-corrected chi connectivity index (χ0v) is 9.06. The molecule has 1 saturated heterocycles. The first-order valence-corrected chi connectivity index (χ1v) is 5.86. The predicted octanol–water partition coefficient (Wildman–Crippen LogP) is -0.188. The second-order valence-corrected chi connectivity index (χ2v) is 4.82. The Morgan fingerprint density at radius 1 is 1.40 bits per heavy atom. The lowest BCUT2D eigenvalue weighted by Gasteiger charge is -2.40. The SMILES string of the molecule is NCC1CCCC1C(=O)N1CC(CO)C1. The zero-order chi connectivity index (χ0) is 10.8. The molecule has 0 spiro atoms. The molecule has 0 bridgehead atoms. The molecule has 0 aromatic rings. The summed E-state index contributed by atoms with van der Waals surface area (Å²) in [4.78, 5) is 13.9. The number of rotatable bonds is 3. The first-order chi connectivity index (χ1) is 7.26. The fourth-order valence-corrected chi connectivity index (χ4v) is 2.74. The van der Waals surface area contributed by atoms with E-state index < -0.39 is 0 Å². The molecule has 86 valence electrons. The van der Waals surface area contributed by atoms with E-state index in [1.54, 1.807) is 0 Å². The minimum absolute atomic E-state index is 0.162. The molecule has 1 heterocycles. The third-order valence-corrected chi connectivity index (χ3v) is 3.81. The van der Waals surface area contributed by atoms with Gasteiger partial charge in [0.2, 0.25) is 5.91 Å². The van der Waals surface area contributed by atoms with Gasteiger partial charge in [-0.05, 0) is 25.3 Å². The Labute approximate surface area is 90.4 Å². The number of nitrogens with zero attached hydrogens (tertiary/aromatic N) is 1. The Morgan fingerprint density at radius 2 is 2.13 bits per heavy atom. The first-order valence-electron chi connectivity index (χ1n) is 5.86. The minimum Gasteiger partial charge on any atom is -0.396 e. The largest absolute Gasteiger partial charge is 0.396 e. The summed E-state index contributed by atoms with van der Waals surface area (Å²) in [5.41, 5.74) is 5.66. The number of nitrogens with two attached hydrogens (primary N) is 1. The quantitative estimate of drug-likeness (QED) is 0.681. The number of hydrogen-bond donors (Lipinski definition) is 2. The molecule has 3 N–H and O–H groups in total. The maximum atomic E-state index is 12.0. The molecule has 1 aliphatic heterocycles. The van der Waals surface area contributed by atoms with Gasteiger partial charge in [0.05, 0.1) is 0 Å². The van der Waals surface area contributed by atoms with Crippen LogP contribution in [0.4, 0.5) is 0 Å². The molecule has 0 radical (unpaired) electrons. The van der Waals surface area contributed by atoms with E-state index in [1.165, 1.54) is 0 Å². The molecule has 0 aromatic heterocycles. The monoisotopic (exact) mass is 212 g/mol. The van der Waals surface area contributed by atoms with Crippen molar-refractivity contribution in [1.82, 2.24) is 4.90 Å². The number of aliphatic hydroxyl groups is 1. The predicted molar refractivity (Wildman–Crippen MR) is 57.0 cm³/mol. The van der Waals surface area contributed by atoms with Crippen LogP contribution in [-0.4, -0.2) is 42.2 Å². The van der Waals surface area contributed by atoms with Gasteiger partial charge in [-0.2, -0.15) is 0 Å². The molecule has 2 fully saturated rings. The maximum Gasteiger partial charge on any atom is 0.226 e. The topological polar surface area (TPSA) is 66.6 Å². The Bertz CT molecular complexity index is 239. The molecule has 2 aliphatic rings. The average molecular weight is 212 g/mol. The van der Waals surface area contributed by atoms with Gasteiger partial charge in [-0.25, -0.2) is 0 Å². The highest BCUT2D eigenvalue weighted by Gasteiger charge is 2.38. The molecule has 1 amide bonds. The maximum absolute atomic E-state index is 12.0. The third kappa shape index (κ3) is 2.01. The summed E-state index contributed by atoms with van der Waals surface area (Å²) in [7, 11) is 0. The van der Waals surface area contributed by atoms with E-state index in [2.05, 4.69) is 0 Å². The minimum atomic E-state index is 0.162. The highest BCUT2D eigenvalue weighted by molar-refractivity contribution is 5.80. The fraction of sp³-hybridized carbons (Fsp3) is 0.909. The summed E-state index contributed by atoms with van der Waals surface area (Å²) in [6, 6.07) is 0. The summed E-state index contributed by atoms with van der Waals surface area (Å²) >= 11 is 0. The van der Waals surface area contributed by atoms with E-state index in [0.29, 0.717) is 18.4 Å². The van der Waals surface area contributed by atoms with E-state index in [1.807, 2.05) is 4.90 Å². The number of hydrogen-bond acceptors (Lipinski definition) is 3. The van der Waals surface area contributed by atoms with E-state index in [4.69, 9.17) is 10.8 Å². The van der Waals surface area contributed by atoms with Crippen molar-refractivity contribution in [2.24, 2.45) is 23.5 Å². The van der Waals surface area contributed by atoms with Crippen LogP contribution < -0.4 is 5.73 Å². The molecular formula is C11H20N2O2. The van der Waals surface area contributed by atoms with Crippen molar-refractivity contribution in [2.45, 2.75) is 19.3 Å². The number of carbonyl (C=O) groups excluding carboxylic acids is 1. The van der Waals surface area contributed by atoms with Gasteiger partial charge in [0.1, 0.15) is 0 Å². The highest BCUT2D eigenvalue weighted by atomic mass is 16.3. The van der Waals surface area contributed by atoms with Crippen molar-refractivity contribution in [3.8, 4) is 0 Å². The van der Waals surface area contributed by atoms with Gasteiger partial charge in [0.25, 0.3) is 0 Å². The summed E-state index contributed by atoms with van der Waals surface area (Å²) in [5, 5.41) is 8.89. The number of carbonyl (C=O) groups is 1. The van der Waals surface area contributed by atoms with Crippen LogP contribution in [0.2, 0.25) is 0 Å². The molecular weight excluding hydrogens is 192 g/mol. The van der Waals surface area contributed by atoms with Gasteiger partial charge in [-0.3, -0.25) is 4.79 Å². The average Bonchev–Trinajstić information content (AvgIpc) is 2.63. The molecule has 4 nitrogen and oxygen atoms in total. The first kappa shape index (κ1) is 10.9. The van der Waals surface area contributed by atoms with Gasteiger partial charge >= 0.3 is 0 Å². The number of likely N-dealkylation sites (tertiary alicyclic amines) is 1. The van der Waals surface area contributed by atoms with Gasteiger partial charge in [-0.15, -0.1) is 0 Å². The van der Waals surface area contributed by atoms with Crippen LogP contribution in [0.15, 0.2) is 0 Å². The van der Waals surface area contributed by atoms with Crippen molar-refractivity contribution in [3.63, 3.8) is 0 Å². The Kier molecular flexibility index (Phi) is 3.26. The van der Waals surface area contributed by atoms with Crippen molar-refractivity contribution in [1.29, 1.82) is 0 Å². The molecule has 2 unspecified atom stereocenters. The Hall–Kier alpha value is -0.610. The van der Waals surface area contributed by atoms with Crippen molar-refractivity contribution in [2.75, 3.05) is 26.2 Å². The summed E-state index contributed by atoms with van der Waals surface area (Å²) in [6.07, 6.45) is 3.24. The van der Waals surface area contributed by atoms with Crippen molar-refractivity contribution >= 4 is 5.91 Å². The smallest absolute Gasteiger partial charge is 0.226 e. The summed E-state index contributed by atoms with van der Waals surface area (Å²) in [6.45, 7) is 2.31. The lowest BCUT2D eigenvalue weighted by atomic mass is 9.91. The van der Waals surface area contributed by atoms with Crippen LogP contribution in [-0.2, 0) is 4.79 Å². The summed E-state index contributed by atoms with van der Waals surface area (Å²) in [5.74, 6) is 1.14. The second-order valence-electron chi connectivity index (χ2n) is 4.82. The lowest BCUT2D eigenvalue weighted by Crippen LogP contribution is -2.53. The zero-order valence-electron chi connectivity index (χ0n) is 9.06. The van der Waals surface area contributed by atoms with Gasteiger partial charge in [0.15, 0.2) is 0 Å². The van der Waals surface area contributed by atoms with Crippen LogP contribution in [0, 0.1) is 17.8 Å². The van der Waals surface area contributed by atoms with E-state index in [0.717, 1.165) is 32.4 Å².